The molecule has 12 heavy (non-hydrogen) atoms. The lowest BCUT2D eigenvalue weighted by atomic mass is 10.1. The highest BCUT2D eigenvalue weighted by Gasteiger charge is 1.99. The average molecular weight is 172 g/mol. The molecule has 0 spiro atoms. The van der Waals surface area contributed by atoms with Crippen LogP contribution in [0, 0.1) is 5.92 Å². The molecule has 2 nitrogen and oxygen atoms in total. The number of nitrogens with one attached hydrogen (secondary N) is 1. The van der Waals surface area contributed by atoms with E-state index in [1.807, 2.05) is 0 Å². The van der Waals surface area contributed by atoms with Crippen molar-refractivity contribution in [1.82, 2.24) is 5.32 Å². The molecule has 0 aliphatic heterocycles. The van der Waals surface area contributed by atoms with E-state index in [4.69, 9.17) is 5.73 Å². The highest BCUT2D eigenvalue weighted by atomic mass is 14.9. The summed E-state index contributed by atoms with van der Waals surface area (Å²) in [6.45, 7) is 8.84. The van der Waals surface area contributed by atoms with Gasteiger partial charge >= 0.3 is 0 Å². The molecule has 0 fully saturated rings. The zero-order valence-corrected chi connectivity index (χ0v) is 8.77. The van der Waals surface area contributed by atoms with Gasteiger partial charge in [-0.25, -0.2) is 0 Å². The number of hydrogen-bond acceptors (Lipinski definition) is 2. The van der Waals surface area contributed by atoms with Crippen molar-refractivity contribution < 1.29 is 0 Å². The molecule has 74 valence electrons. The van der Waals surface area contributed by atoms with Gasteiger partial charge in [0.1, 0.15) is 0 Å². The minimum Gasteiger partial charge on any atom is -0.328 e. The van der Waals surface area contributed by atoms with Crippen molar-refractivity contribution >= 4 is 0 Å². The van der Waals surface area contributed by atoms with E-state index in [0.717, 1.165) is 31.8 Å². The van der Waals surface area contributed by atoms with Crippen LogP contribution in [0.3, 0.4) is 0 Å². The smallest absolute Gasteiger partial charge is 0.00482 e. The second-order valence-electron chi connectivity index (χ2n) is 3.67. The monoisotopic (exact) mass is 172 g/mol. The van der Waals surface area contributed by atoms with Gasteiger partial charge < -0.3 is 11.1 Å². The minimum absolute atomic E-state index is 0.384. The normalized spacial score (nSPS) is 16.0. The van der Waals surface area contributed by atoms with Gasteiger partial charge in [0.05, 0.1) is 0 Å². The van der Waals surface area contributed by atoms with Crippen LogP contribution in [0.4, 0.5) is 0 Å². The zero-order chi connectivity index (χ0) is 9.40. The first-order valence-corrected chi connectivity index (χ1v) is 5.16. The summed E-state index contributed by atoms with van der Waals surface area (Å²) in [4.78, 5) is 0. The molecular weight excluding hydrogens is 148 g/mol. The molecule has 0 heterocycles. The Hall–Kier alpha value is -0.0800. The van der Waals surface area contributed by atoms with Crippen LogP contribution in [0.25, 0.3) is 0 Å². The molecule has 2 atom stereocenters. The molecular formula is C10H24N2. The highest BCUT2D eigenvalue weighted by molar-refractivity contribution is 4.61. The summed E-state index contributed by atoms with van der Waals surface area (Å²) in [5.74, 6) is 0.794. The molecule has 0 rings (SSSR count). The van der Waals surface area contributed by atoms with Gasteiger partial charge in [-0.1, -0.05) is 27.2 Å². The van der Waals surface area contributed by atoms with Crippen molar-refractivity contribution in [3.05, 3.63) is 0 Å². The van der Waals surface area contributed by atoms with Crippen molar-refractivity contribution in [2.45, 2.75) is 46.1 Å². The SMILES string of the molecule is CCC(C)CNCCC(N)CC. The Bertz CT molecular complexity index is 81.8. The third kappa shape index (κ3) is 6.62. The van der Waals surface area contributed by atoms with Crippen LogP contribution < -0.4 is 11.1 Å². The van der Waals surface area contributed by atoms with Crippen LogP contribution >= 0.6 is 0 Å². The molecule has 0 aromatic rings. The Balaban J connectivity index is 3.10. The Labute approximate surface area is 76.9 Å². The van der Waals surface area contributed by atoms with Crippen LogP contribution in [0.2, 0.25) is 0 Å². The lowest BCUT2D eigenvalue weighted by Gasteiger charge is -2.12. The summed E-state index contributed by atoms with van der Waals surface area (Å²) in [7, 11) is 0. The molecule has 2 unspecified atom stereocenters. The Morgan fingerprint density at radius 3 is 2.42 bits per heavy atom. The molecule has 0 aromatic heterocycles. The lowest BCUT2D eigenvalue weighted by Crippen LogP contribution is -2.28. The van der Waals surface area contributed by atoms with Gasteiger partial charge in [-0.05, 0) is 31.8 Å². The fourth-order valence-electron chi connectivity index (χ4n) is 0.984. The standard InChI is InChI=1S/C10H24N2/c1-4-9(3)8-12-7-6-10(11)5-2/h9-10,12H,4-8,11H2,1-3H3. The number of nitrogens with two attached hydrogens (primary N) is 1. The molecule has 0 aliphatic rings. The summed E-state index contributed by atoms with van der Waals surface area (Å²) in [6, 6.07) is 0.384. The van der Waals surface area contributed by atoms with E-state index in [-0.39, 0.29) is 0 Å². The van der Waals surface area contributed by atoms with E-state index in [0.29, 0.717) is 6.04 Å². The Morgan fingerprint density at radius 1 is 1.25 bits per heavy atom. The van der Waals surface area contributed by atoms with Gasteiger partial charge in [-0.3, -0.25) is 0 Å². The average Bonchev–Trinajstić information content (AvgIpc) is 2.11. The fourth-order valence-corrected chi connectivity index (χ4v) is 0.984. The fraction of sp³-hybridized carbons (Fsp3) is 1.00. The van der Waals surface area contributed by atoms with Crippen molar-refractivity contribution in [1.29, 1.82) is 0 Å². The summed E-state index contributed by atoms with van der Waals surface area (Å²) in [5, 5.41) is 3.42. The molecule has 0 bridgehead atoms. The summed E-state index contributed by atoms with van der Waals surface area (Å²) < 4.78 is 0. The summed E-state index contributed by atoms with van der Waals surface area (Å²) in [6.07, 6.45) is 3.45. The van der Waals surface area contributed by atoms with E-state index in [1.165, 1.54) is 6.42 Å². The predicted molar refractivity (Wildman–Crippen MR) is 55.2 cm³/mol. The first-order valence-electron chi connectivity index (χ1n) is 5.16. The molecule has 0 radical (unpaired) electrons. The van der Waals surface area contributed by atoms with Gasteiger partial charge in [-0.15, -0.1) is 0 Å². The second-order valence-corrected chi connectivity index (χ2v) is 3.67. The summed E-state index contributed by atoms with van der Waals surface area (Å²) in [5.41, 5.74) is 5.78. The van der Waals surface area contributed by atoms with E-state index >= 15 is 0 Å². The van der Waals surface area contributed by atoms with Gasteiger partial charge in [0.2, 0.25) is 0 Å². The molecule has 0 saturated heterocycles. The van der Waals surface area contributed by atoms with E-state index in [1.54, 1.807) is 0 Å². The minimum atomic E-state index is 0.384. The van der Waals surface area contributed by atoms with Crippen LogP contribution in [0.15, 0.2) is 0 Å². The first kappa shape index (κ1) is 11.9. The van der Waals surface area contributed by atoms with Crippen LogP contribution in [0.5, 0.6) is 0 Å². The van der Waals surface area contributed by atoms with Crippen molar-refractivity contribution in [3.8, 4) is 0 Å². The maximum absolute atomic E-state index is 5.78. The first-order chi connectivity index (χ1) is 5.70. The Kier molecular flexibility index (Phi) is 7.51. The maximum Gasteiger partial charge on any atom is 0.00482 e. The Morgan fingerprint density at radius 2 is 1.92 bits per heavy atom. The topological polar surface area (TPSA) is 38.0 Å². The van der Waals surface area contributed by atoms with Crippen molar-refractivity contribution in [3.63, 3.8) is 0 Å². The largest absolute Gasteiger partial charge is 0.328 e. The van der Waals surface area contributed by atoms with E-state index in [2.05, 4.69) is 26.1 Å². The molecule has 0 aromatic carbocycles. The third-order valence-electron chi connectivity index (χ3n) is 2.41. The van der Waals surface area contributed by atoms with Gasteiger partial charge in [0.15, 0.2) is 0 Å². The second kappa shape index (κ2) is 7.56. The molecule has 0 aliphatic carbocycles. The van der Waals surface area contributed by atoms with E-state index in [9.17, 15) is 0 Å². The van der Waals surface area contributed by atoms with Crippen LogP contribution in [-0.4, -0.2) is 19.1 Å². The molecule has 0 saturated carbocycles. The zero-order valence-electron chi connectivity index (χ0n) is 8.77. The number of hydrogen-bond donors (Lipinski definition) is 2. The number of rotatable bonds is 7. The van der Waals surface area contributed by atoms with Crippen molar-refractivity contribution in [2.24, 2.45) is 11.7 Å². The van der Waals surface area contributed by atoms with Crippen LogP contribution in [-0.2, 0) is 0 Å². The van der Waals surface area contributed by atoms with Crippen molar-refractivity contribution in [2.75, 3.05) is 13.1 Å². The van der Waals surface area contributed by atoms with Gasteiger partial charge in [-0.2, -0.15) is 0 Å². The maximum atomic E-state index is 5.78. The quantitative estimate of drug-likeness (QED) is 0.574. The molecule has 3 N–H and O–H groups in total. The van der Waals surface area contributed by atoms with Gasteiger partial charge in [0.25, 0.3) is 0 Å². The predicted octanol–water partition coefficient (Wildman–Crippen LogP) is 1.75. The third-order valence-corrected chi connectivity index (χ3v) is 2.41. The molecule has 2 heteroatoms. The van der Waals surface area contributed by atoms with Gasteiger partial charge in [0, 0.05) is 6.04 Å². The summed E-state index contributed by atoms with van der Waals surface area (Å²) >= 11 is 0. The van der Waals surface area contributed by atoms with E-state index < -0.39 is 0 Å². The van der Waals surface area contributed by atoms with Crippen LogP contribution in [0.1, 0.15) is 40.0 Å². The lowest BCUT2D eigenvalue weighted by molar-refractivity contribution is 0.476. The highest BCUT2D eigenvalue weighted by Crippen LogP contribution is 1.97. The molecule has 0 amide bonds.